The van der Waals surface area contributed by atoms with Gasteiger partial charge in [0.15, 0.2) is 5.76 Å². The first-order chi connectivity index (χ1) is 10.4. The normalized spacial score (nSPS) is 22.7. The van der Waals surface area contributed by atoms with E-state index < -0.39 is 21.5 Å². The number of cyclic esters (lactones) is 1. The third-order valence-electron chi connectivity index (χ3n) is 4.58. The van der Waals surface area contributed by atoms with Crippen molar-refractivity contribution in [3.05, 3.63) is 11.5 Å². The Kier molecular flexibility index (Phi) is 3.76. The maximum Gasteiger partial charge on any atom is 0.327 e. The number of hydrogen-bond donors (Lipinski definition) is 0. The van der Waals surface area contributed by atoms with Crippen LogP contribution in [0.25, 0.3) is 0 Å². The number of ether oxygens (including phenoxy) is 1. The Labute approximate surface area is 129 Å². The van der Waals surface area contributed by atoms with Crippen molar-refractivity contribution in [3.63, 3.8) is 0 Å². The highest BCUT2D eigenvalue weighted by molar-refractivity contribution is 7.89. The number of morpholine rings is 1. The van der Waals surface area contributed by atoms with E-state index in [1.165, 1.54) is 4.31 Å². The van der Waals surface area contributed by atoms with Crippen LogP contribution in [0.4, 0.5) is 0 Å². The lowest BCUT2D eigenvalue weighted by Crippen LogP contribution is -2.62. The van der Waals surface area contributed by atoms with E-state index in [0.29, 0.717) is 18.5 Å². The van der Waals surface area contributed by atoms with E-state index in [0.717, 1.165) is 19.3 Å². The molecule has 22 heavy (non-hydrogen) atoms. The summed E-state index contributed by atoms with van der Waals surface area (Å²) in [6.07, 6.45) is 3.67. The standard InChI is InChI=1S/C14H20N2O5S/c1-10-12(11(2)21-15-10)22(18,19)16-8-9-20-13(17)14(16)6-4-3-5-7-14/h3-9H2,1-2H3. The van der Waals surface area contributed by atoms with Crippen LogP contribution >= 0.6 is 0 Å². The quantitative estimate of drug-likeness (QED) is 0.765. The fourth-order valence-electron chi connectivity index (χ4n) is 3.56. The van der Waals surface area contributed by atoms with E-state index >= 15 is 0 Å². The summed E-state index contributed by atoms with van der Waals surface area (Å²) in [5.74, 6) is -0.170. The molecule has 1 saturated carbocycles. The Bertz CT molecular complexity index is 669. The predicted molar refractivity (Wildman–Crippen MR) is 76.6 cm³/mol. The molecule has 0 atom stereocenters. The minimum Gasteiger partial charge on any atom is -0.463 e. The maximum atomic E-state index is 13.1. The summed E-state index contributed by atoms with van der Waals surface area (Å²) in [5.41, 5.74) is -0.742. The molecular weight excluding hydrogens is 308 g/mol. The highest BCUT2D eigenvalue weighted by Gasteiger charge is 2.54. The lowest BCUT2D eigenvalue weighted by molar-refractivity contribution is -0.165. The average Bonchev–Trinajstić information content (AvgIpc) is 2.82. The molecule has 122 valence electrons. The molecule has 3 rings (SSSR count). The smallest absolute Gasteiger partial charge is 0.327 e. The summed E-state index contributed by atoms with van der Waals surface area (Å²) in [4.78, 5) is 12.5. The van der Waals surface area contributed by atoms with Gasteiger partial charge in [0.1, 0.15) is 22.7 Å². The van der Waals surface area contributed by atoms with Crippen LogP contribution in [0.5, 0.6) is 0 Å². The molecule has 1 saturated heterocycles. The molecule has 1 aromatic heterocycles. The average molecular weight is 328 g/mol. The number of carbonyl (C=O) groups is 1. The van der Waals surface area contributed by atoms with Crippen molar-refractivity contribution in [2.75, 3.05) is 13.2 Å². The zero-order valence-corrected chi connectivity index (χ0v) is 13.6. The molecule has 8 heteroatoms. The molecule has 0 radical (unpaired) electrons. The molecule has 0 N–H and O–H groups in total. The largest absolute Gasteiger partial charge is 0.463 e. The summed E-state index contributed by atoms with van der Waals surface area (Å²) in [7, 11) is -3.84. The number of sulfonamides is 1. The minimum absolute atomic E-state index is 0.0761. The second-order valence-corrected chi connectivity index (χ2v) is 7.76. The molecular formula is C14H20N2O5S. The topological polar surface area (TPSA) is 89.7 Å². The fourth-order valence-corrected chi connectivity index (χ4v) is 5.63. The number of aryl methyl sites for hydroxylation is 2. The first-order valence-electron chi connectivity index (χ1n) is 7.52. The highest BCUT2D eigenvalue weighted by Crippen LogP contribution is 2.40. The van der Waals surface area contributed by atoms with Crippen LogP contribution < -0.4 is 0 Å². The molecule has 1 aliphatic carbocycles. The molecule has 7 nitrogen and oxygen atoms in total. The lowest BCUT2D eigenvalue weighted by Gasteiger charge is -2.45. The summed E-state index contributed by atoms with van der Waals surface area (Å²) in [6.45, 7) is 3.43. The number of aromatic nitrogens is 1. The van der Waals surface area contributed by atoms with Crippen molar-refractivity contribution >= 4 is 16.0 Å². The van der Waals surface area contributed by atoms with Gasteiger partial charge in [-0.3, -0.25) is 4.79 Å². The van der Waals surface area contributed by atoms with Crippen LogP contribution in [0.3, 0.4) is 0 Å². The number of rotatable bonds is 2. The molecule has 2 heterocycles. The van der Waals surface area contributed by atoms with Gasteiger partial charge in [0.05, 0.1) is 0 Å². The SMILES string of the molecule is Cc1noc(C)c1S(=O)(=O)N1CCOC(=O)C12CCCCC2. The predicted octanol–water partition coefficient (Wildman–Crippen LogP) is 1.54. The summed E-state index contributed by atoms with van der Waals surface area (Å²) in [6, 6.07) is 0. The van der Waals surface area contributed by atoms with E-state index in [1.54, 1.807) is 13.8 Å². The van der Waals surface area contributed by atoms with Crippen LogP contribution in [0.2, 0.25) is 0 Å². The van der Waals surface area contributed by atoms with Gasteiger partial charge < -0.3 is 9.26 Å². The van der Waals surface area contributed by atoms with Gasteiger partial charge in [0.2, 0.25) is 10.0 Å². The minimum atomic E-state index is -3.84. The van der Waals surface area contributed by atoms with Gasteiger partial charge >= 0.3 is 5.97 Å². The maximum absolute atomic E-state index is 13.1. The molecule has 0 amide bonds. The second-order valence-electron chi connectivity index (χ2n) is 5.96. The van der Waals surface area contributed by atoms with Crippen LogP contribution in [-0.4, -0.2) is 42.5 Å². The number of hydrogen-bond acceptors (Lipinski definition) is 6. The van der Waals surface area contributed by atoms with Gasteiger partial charge in [-0.25, -0.2) is 8.42 Å². The van der Waals surface area contributed by atoms with Crippen molar-refractivity contribution in [1.29, 1.82) is 0 Å². The zero-order chi connectivity index (χ0) is 16.0. The van der Waals surface area contributed by atoms with Gasteiger partial charge in [0.25, 0.3) is 0 Å². The Morgan fingerprint density at radius 3 is 2.45 bits per heavy atom. The highest BCUT2D eigenvalue weighted by atomic mass is 32.2. The monoisotopic (exact) mass is 328 g/mol. The number of carbonyl (C=O) groups excluding carboxylic acids is 1. The zero-order valence-electron chi connectivity index (χ0n) is 12.8. The lowest BCUT2D eigenvalue weighted by atomic mass is 9.81. The summed E-state index contributed by atoms with van der Waals surface area (Å²) in [5, 5.41) is 3.73. The van der Waals surface area contributed by atoms with Crippen LogP contribution in [0.1, 0.15) is 43.6 Å². The molecule has 1 aliphatic heterocycles. The van der Waals surface area contributed by atoms with Gasteiger partial charge in [0, 0.05) is 6.54 Å². The first-order valence-corrected chi connectivity index (χ1v) is 8.96. The van der Waals surface area contributed by atoms with Gasteiger partial charge in [-0.2, -0.15) is 4.31 Å². The first kappa shape index (κ1) is 15.5. The molecule has 2 aliphatic rings. The van der Waals surface area contributed by atoms with Crippen molar-refractivity contribution in [3.8, 4) is 0 Å². The third-order valence-corrected chi connectivity index (χ3v) is 6.79. The van der Waals surface area contributed by atoms with E-state index in [-0.39, 0.29) is 23.8 Å². The van der Waals surface area contributed by atoms with E-state index in [1.807, 2.05) is 0 Å². The van der Waals surface area contributed by atoms with Crippen molar-refractivity contribution in [1.82, 2.24) is 9.46 Å². The third kappa shape index (κ3) is 2.16. The van der Waals surface area contributed by atoms with E-state index in [2.05, 4.69) is 5.16 Å². The summed E-state index contributed by atoms with van der Waals surface area (Å²) >= 11 is 0. The van der Waals surface area contributed by atoms with Crippen LogP contribution in [0, 0.1) is 13.8 Å². The molecule has 0 bridgehead atoms. The van der Waals surface area contributed by atoms with Crippen molar-refractivity contribution in [2.45, 2.75) is 56.4 Å². The Morgan fingerprint density at radius 1 is 1.18 bits per heavy atom. The summed E-state index contributed by atoms with van der Waals surface area (Å²) < 4.78 is 37.8. The van der Waals surface area contributed by atoms with Crippen molar-refractivity contribution < 1.29 is 22.5 Å². The second kappa shape index (κ2) is 5.34. The molecule has 2 fully saturated rings. The fraction of sp³-hybridized carbons (Fsp3) is 0.714. The Balaban J connectivity index is 2.09. The van der Waals surface area contributed by atoms with Crippen LogP contribution in [-0.2, 0) is 19.6 Å². The molecule has 0 aromatic carbocycles. The molecule has 0 unspecified atom stereocenters. The molecule has 1 aromatic rings. The van der Waals surface area contributed by atoms with Crippen LogP contribution in [0.15, 0.2) is 9.42 Å². The number of nitrogens with zero attached hydrogens (tertiary/aromatic N) is 2. The number of esters is 1. The van der Waals surface area contributed by atoms with E-state index in [9.17, 15) is 13.2 Å². The van der Waals surface area contributed by atoms with Gasteiger partial charge in [-0.15, -0.1) is 0 Å². The van der Waals surface area contributed by atoms with Gasteiger partial charge in [-0.1, -0.05) is 24.4 Å². The molecule has 1 spiro atoms. The van der Waals surface area contributed by atoms with Gasteiger partial charge in [-0.05, 0) is 26.7 Å². The Hall–Kier alpha value is -1.41. The Morgan fingerprint density at radius 2 is 1.86 bits per heavy atom. The van der Waals surface area contributed by atoms with Crippen molar-refractivity contribution in [2.24, 2.45) is 0 Å². The van der Waals surface area contributed by atoms with E-state index in [4.69, 9.17) is 9.26 Å².